The smallest absolute Gasteiger partial charge is 0.498 e. The van der Waals surface area contributed by atoms with Crippen LogP contribution in [0.15, 0.2) is 0 Å². The minimum atomic E-state index is -1.66. The molecule has 0 aromatic carbocycles. The maximum atomic E-state index is 11.2. The number of quaternary nitrogens is 1. The quantitative estimate of drug-likeness (QED) is 0.322. The summed E-state index contributed by atoms with van der Waals surface area (Å²) in [6.45, 7) is 9.19. The van der Waals surface area contributed by atoms with E-state index in [1.807, 2.05) is 0 Å². The molecule has 0 spiro atoms. The van der Waals surface area contributed by atoms with Gasteiger partial charge in [-0.15, -0.1) is 0 Å². The maximum absolute atomic E-state index is 11.2. The van der Waals surface area contributed by atoms with E-state index in [1.165, 1.54) is 41.5 Å². The van der Waals surface area contributed by atoms with Gasteiger partial charge in [-0.2, -0.15) is 0 Å². The molecule has 0 heterocycles. The second-order valence-electron chi connectivity index (χ2n) is 5.54. The van der Waals surface area contributed by atoms with Crippen molar-refractivity contribution >= 4 is 12.2 Å². The second kappa shape index (κ2) is 6.89. The molecular formula is C10H18NNa2O4+. The number of rotatable bonds is 0. The van der Waals surface area contributed by atoms with Crippen LogP contribution in [0.2, 0.25) is 0 Å². The molecule has 0 bridgehead atoms. The first-order valence-corrected chi connectivity index (χ1v) is 4.71. The molecule has 0 aliphatic heterocycles. The molecular weight excluding hydrogens is 244 g/mol. The van der Waals surface area contributed by atoms with Gasteiger partial charge >= 0.3 is 59.1 Å². The third-order valence-electron chi connectivity index (χ3n) is 2.56. The molecule has 0 aromatic rings. The summed E-state index contributed by atoms with van der Waals surface area (Å²) >= 11 is 0. The number of carbonyl (C=O) groups is 2. The summed E-state index contributed by atoms with van der Waals surface area (Å²) in [7, 11) is 0. The summed E-state index contributed by atoms with van der Waals surface area (Å²) in [6.07, 6.45) is -3.31. The SMILES string of the molecule is CC(C)(C)[N+](C(=O)[O-])(C(=O)[O-])C(C)(C)C.[Na+].[Na+]. The molecule has 2 amide bonds. The van der Waals surface area contributed by atoms with E-state index in [2.05, 4.69) is 0 Å². The first-order chi connectivity index (χ1) is 6.39. The Balaban J connectivity index is -0.000000980. The van der Waals surface area contributed by atoms with E-state index in [0.717, 1.165) is 0 Å². The number of hydrogen-bond donors (Lipinski definition) is 0. The molecule has 0 rings (SSSR count). The Bertz CT molecular complexity index is 262. The Kier molecular flexibility index (Phi) is 9.33. The van der Waals surface area contributed by atoms with Gasteiger partial charge in [0.2, 0.25) is 0 Å². The van der Waals surface area contributed by atoms with Gasteiger partial charge in [-0.3, -0.25) is 0 Å². The summed E-state index contributed by atoms with van der Waals surface area (Å²) in [5, 5.41) is 22.4. The van der Waals surface area contributed by atoms with E-state index >= 15 is 0 Å². The summed E-state index contributed by atoms with van der Waals surface area (Å²) < 4.78 is -1.24. The van der Waals surface area contributed by atoms with Crippen molar-refractivity contribution in [2.75, 3.05) is 0 Å². The van der Waals surface area contributed by atoms with E-state index in [9.17, 15) is 19.8 Å². The number of carbonyl (C=O) groups excluding carboxylic acids is 2. The van der Waals surface area contributed by atoms with Crippen molar-refractivity contribution < 1.29 is 83.4 Å². The first-order valence-electron chi connectivity index (χ1n) is 4.71. The van der Waals surface area contributed by atoms with Crippen molar-refractivity contribution in [2.24, 2.45) is 0 Å². The van der Waals surface area contributed by atoms with Crippen molar-refractivity contribution in [3.8, 4) is 0 Å². The van der Waals surface area contributed by atoms with Gasteiger partial charge in [-0.25, -0.2) is 4.48 Å². The molecule has 88 valence electrons. The third kappa shape index (κ3) is 3.93. The van der Waals surface area contributed by atoms with Crippen molar-refractivity contribution in [1.29, 1.82) is 0 Å². The van der Waals surface area contributed by atoms with Crippen molar-refractivity contribution in [2.45, 2.75) is 52.6 Å². The van der Waals surface area contributed by atoms with Gasteiger partial charge in [0.25, 0.3) is 12.2 Å². The van der Waals surface area contributed by atoms with Crippen LogP contribution in [0.3, 0.4) is 0 Å². The monoisotopic (exact) mass is 262 g/mol. The molecule has 0 atom stereocenters. The zero-order valence-corrected chi connectivity index (χ0v) is 16.1. The van der Waals surface area contributed by atoms with Crippen LogP contribution in [0.5, 0.6) is 0 Å². The fourth-order valence-corrected chi connectivity index (χ4v) is 2.18. The summed E-state index contributed by atoms with van der Waals surface area (Å²) in [6, 6.07) is 0. The fourth-order valence-electron chi connectivity index (χ4n) is 2.18. The largest absolute Gasteiger partial charge is 1.00 e. The van der Waals surface area contributed by atoms with Crippen molar-refractivity contribution in [3.63, 3.8) is 0 Å². The van der Waals surface area contributed by atoms with Crippen LogP contribution in [0, 0.1) is 0 Å². The number of nitrogens with zero attached hydrogens (tertiary/aromatic N) is 1. The molecule has 0 aliphatic carbocycles. The number of amides is 2. The van der Waals surface area contributed by atoms with Crippen LogP contribution in [0.25, 0.3) is 0 Å². The second-order valence-corrected chi connectivity index (χ2v) is 5.54. The summed E-state index contributed by atoms with van der Waals surface area (Å²) in [5.74, 6) is 0. The van der Waals surface area contributed by atoms with Crippen molar-refractivity contribution in [3.05, 3.63) is 0 Å². The molecule has 0 saturated carbocycles. The van der Waals surface area contributed by atoms with Gasteiger partial charge in [-0.1, -0.05) is 0 Å². The molecule has 0 aromatic heterocycles. The number of hydrogen-bond acceptors (Lipinski definition) is 4. The molecule has 17 heavy (non-hydrogen) atoms. The molecule has 0 fully saturated rings. The van der Waals surface area contributed by atoms with Crippen molar-refractivity contribution in [1.82, 2.24) is 0 Å². The van der Waals surface area contributed by atoms with E-state index in [1.54, 1.807) is 0 Å². The Morgan fingerprint density at radius 3 is 0.941 bits per heavy atom. The molecule has 7 heteroatoms. The predicted octanol–water partition coefficient (Wildman–Crippen LogP) is -5.91. The third-order valence-corrected chi connectivity index (χ3v) is 2.56. The summed E-state index contributed by atoms with van der Waals surface area (Å²) in [5.41, 5.74) is -2.09. The van der Waals surface area contributed by atoms with Crippen LogP contribution >= 0.6 is 0 Å². The van der Waals surface area contributed by atoms with E-state index in [4.69, 9.17) is 0 Å². The molecule has 0 radical (unpaired) electrons. The Morgan fingerprint density at radius 2 is 0.941 bits per heavy atom. The number of carboxylic acid groups (broad SMARTS) is 2. The van der Waals surface area contributed by atoms with Gasteiger partial charge < -0.3 is 19.8 Å². The Morgan fingerprint density at radius 1 is 0.765 bits per heavy atom. The van der Waals surface area contributed by atoms with Gasteiger partial charge in [-0.05, 0) is 41.5 Å². The van der Waals surface area contributed by atoms with Gasteiger partial charge in [0, 0.05) is 0 Å². The average Bonchev–Trinajstić information content (AvgIpc) is 1.75. The van der Waals surface area contributed by atoms with Crippen LogP contribution in [0.1, 0.15) is 41.5 Å². The fraction of sp³-hybridized carbons (Fsp3) is 0.800. The zero-order valence-electron chi connectivity index (χ0n) is 12.1. The number of imide groups is 1. The van der Waals surface area contributed by atoms with E-state index in [-0.39, 0.29) is 59.1 Å². The topological polar surface area (TPSA) is 80.3 Å². The first kappa shape index (κ1) is 23.0. The zero-order chi connectivity index (χ0) is 12.7. The maximum Gasteiger partial charge on any atom is 1.00 e. The standard InChI is InChI=1S/C10H19NO4.2Na/c1-9(2,3)11(7(12)13,8(14)15)10(4,5)6;;/h1-6H3,(H-,12,13,14,15);;/q;2*+1/p-1. The predicted molar refractivity (Wildman–Crippen MR) is 50.6 cm³/mol. The minimum absolute atomic E-state index is 0. The Hall–Kier alpha value is 0.900. The minimum Gasteiger partial charge on any atom is -0.498 e. The van der Waals surface area contributed by atoms with Crippen LogP contribution in [-0.4, -0.2) is 27.7 Å². The Labute approximate surface area is 147 Å². The van der Waals surface area contributed by atoms with Crippen LogP contribution in [0.4, 0.5) is 9.59 Å². The van der Waals surface area contributed by atoms with Crippen LogP contribution in [-0.2, 0) is 0 Å². The normalized spacial score (nSPS) is 12.1. The summed E-state index contributed by atoms with van der Waals surface area (Å²) in [4.78, 5) is 22.4. The van der Waals surface area contributed by atoms with E-state index < -0.39 is 27.7 Å². The van der Waals surface area contributed by atoms with Gasteiger partial charge in [0.15, 0.2) is 0 Å². The molecule has 0 unspecified atom stereocenters. The molecule has 0 saturated heterocycles. The molecule has 0 aliphatic rings. The van der Waals surface area contributed by atoms with Gasteiger partial charge in [0.1, 0.15) is 11.1 Å². The van der Waals surface area contributed by atoms with Crippen LogP contribution < -0.4 is 69.3 Å². The van der Waals surface area contributed by atoms with Gasteiger partial charge in [0.05, 0.1) is 0 Å². The molecule has 0 N–H and O–H groups in total. The average molecular weight is 262 g/mol. The van der Waals surface area contributed by atoms with E-state index in [0.29, 0.717) is 0 Å². The molecule has 5 nitrogen and oxygen atoms in total.